The maximum Gasteiger partial charge on any atom is 0.322 e. The Morgan fingerprint density at radius 1 is 1.24 bits per heavy atom. The molecule has 8 heteroatoms. The van der Waals surface area contributed by atoms with Crippen LogP contribution >= 0.6 is 34.5 Å². The topological polar surface area (TPSA) is 68.0 Å². The first-order valence-electron chi connectivity index (χ1n) is 5.77. The third-order valence-corrected chi connectivity index (χ3v) is 3.97. The van der Waals surface area contributed by atoms with Gasteiger partial charge in [0, 0.05) is 5.02 Å². The Morgan fingerprint density at radius 3 is 2.86 bits per heavy atom. The highest BCUT2D eigenvalue weighted by Crippen LogP contribution is 2.25. The highest BCUT2D eigenvalue weighted by atomic mass is 35.5. The average Bonchev–Trinajstić information content (AvgIpc) is 3.11. The molecule has 0 bridgehead atoms. The molecule has 0 unspecified atom stereocenters. The van der Waals surface area contributed by atoms with Crippen LogP contribution in [-0.4, -0.2) is 16.1 Å². The molecule has 0 atom stereocenters. The standard InChI is InChI=1S/C13H7Cl2N3O2S/c14-7-3-4-9(15)8(6-7)11(19)16-13-18-17-12(20-13)10-2-1-5-21-10/h1-6H,(H,16,18,19). The number of hydrogen-bond acceptors (Lipinski definition) is 5. The number of aromatic nitrogens is 2. The fraction of sp³-hybridized carbons (Fsp3) is 0. The molecule has 0 spiro atoms. The third kappa shape index (κ3) is 3.07. The molecule has 0 aliphatic heterocycles. The summed E-state index contributed by atoms with van der Waals surface area (Å²) < 4.78 is 5.37. The van der Waals surface area contributed by atoms with E-state index in [2.05, 4.69) is 15.5 Å². The number of benzene rings is 1. The van der Waals surface area contributed by atoms with Crippen molar-refractivity contribution in [3.63, 3.8) is 0 Å². The molecule has 0 fully saturated rings. The summed E-state index contributed by atoms with van der Waals surface area (Å²) in [6.45, 7) is 0. The quantitative estimate of drug-likeness (QED) is 0.769. The number of carbonyl (C=O) groups is 1. The van der Waals surface area contributed by atoms with Crippen LogP contribution in [0.4, 0.5) is 6.01 Å². The van der Waals surface area contributed by atoms with Gasteiger partial charge in [-0.2, -0.15) is 0 Å². The minimum atomic E-state index is -0.469. The van der Waals surface area contributed by atoms with E-state index in [1.807, 2.05) is 17.5 Å². The lowest BCUT2D eigenvalue weighted by Crippen LogP contribution is -2.12. The van der Waals surface area contributed by atoms with Gasteiger partial charge in [0.05, 0.1) is 15.5 Å². The number of nitrogens with zero attached hydrogens (tertiary/aromatic N) is 2. The van der Waals surface area contributed by atoms with Crippen LogP contribution in [0.2, 0.25) is 10.0 Å². The van der Waals surface area contributed by atoms with E-state index >= 15 is 0 Å². The van der Waals surface area contributed by atoms with Crippen molar-refractivity contribution >= 4 is 46.5 Å². The lowest BCUT2D eigenvalue weighted by molar-refractivity contribution is 0.102. The highest BCUT2D eigenvalue weighted by Gasteiger charge is 2.15. The molecule has 1 N–H and O–H groups in total. The van der Waals surface area contributed by atoms with Gasteiger partial charge in [-0.3, -0.25) is 10.1 Å². The molecule has 3 rings (SSSR count). The van der Waals surface area contributed by atoms with Crippen molar-refractivity contribution in [3.05, 3.63) is 51.3 Å². The van der Waals surface area contributed by atoms with E-state index in [1.165, 1.54) is 17.4 Å². The molecule has 2 heterocycles. The highest BCUT2D eigenvalue weighted by molar-refractivity contribution is 7.13. The molecular formula is C13H7Cl2N3O2S. The first-order valence-corrected chi connectivity index (χ1v) is 7.41. The van der Waals surface area contributed by atoms with Crippen molar-refractivity contribution in [2.45, 2.75) is 0 Å². The lowest BCUT2D eigenvalue weighted by atomic mass is 10.2. The van der Waals surface area contributed by atoms with Crippen LogP contribution in [0.15, 0.2) is 40.1 Å². The second-order valence-corrected chi connectivity index (χ2v) is 5.76. The first-order chi connectivity index (χ1) is 10.1. The van der Waals surface area contributed by atoms with Gasteiger partial charge in [0.25, 0.3) is 11.8 Å². The molecule has 0 saturated carbocycles. The third-order valence-electron chi connectivity index (χ3n) is 2.55. The fourth-order valence-corrected chi connectivity index (χ4v) is 2.63. The predicted molar refractivity (Wildman–Crippen MR) is 82.0 cm³/mol. The number of carbonyl (C=O) groups excluding carboxylic acids is 1. The van der Waals surface area contributed by atoms with Gasteiger partial charge in [-0.1, -0.05) is 34.4 Å². The smallest absolute Gasteiger partial charge is 0.322 e. The minimum Gasteiger partial charge on any atom is -0.402 e. The molecule has 0 radical (unpaired) electrons. The van der Waals surface area contributed by atoms with Crippen molar-refractivity contribution in [1.82, 2.24) is 10.2 Å². The van der Waals surface area contributed by atoms with Crippen LogP contribution in [0.1, 0.15) is 10.4 Å². The number of thiophene rings is 1. The van der Waals surface area contributed by atoms with Gasteiger partial charge < -0.3 is 4.42 Å². The molecule has 0 saturated heterocycles. The fourth-order valence-electron chi connectivity index (χ4n) is 1.61. The van der Waals surface area contributed by atoms with Gasteiger partial charge >= 0.3 is 6.01 Å². The van der Waals surface area contributed by atoms with E-state index in [9.17, 15) is 4.79 Å². The molecule has 2 aromatic heterocycles. The number of nitrogens with one attached hydrogen (secondary N) is 1. The zero-order chi connectivity index (χ0) is 14.8. The Balaban J connectivity index is 1.80. The van der Waals surface area contributed by atoms with Crippen molar-refractivity contribution in [3.8, 4) is 10.8 Å². The summed E-state index contributed by atoms with van der Waals surface area (Å²) in [6.07, 6.45) is 0. The number of amides is 1. The van der Waals surface area contributed by atoms with Crippen molar-refractivity contribution in [1.29, 1.82) is 0 Å². The minimum absolute atomic E-state index is 0.000517. The van der Waals surface area contributed by atoms with Crippen LogP contribution in [0, 0.1) is 0 Å². The first kappa shape index (κ1) is 14.1. The van der Waals surface area contributed by atoms with Crippen LogP contribution in [0.5, 0.6) is 0 Å². The maximum atomic E-state index is 12.1. The van der Waals surface area contributed by atoms with E-state index in [1.54, 1.807) is 12.1 Å². The van der Waals surface area contributed by atoms with E-state index in [-0.39, 0.29) is 16.6 Å². The van der Waals surface area contributed by atoms with Gasteiger partial charge in [0.2, 0.25) is 0 Å². The van der Waals surface area contributed by atoms with E-state index in [0.717, 1.165) is 4.88 Å². The van der Waals surface area contributed by atoms with Crippen molar-refractivity contribution in [2.24, 2.45) is 0 Å². The largest absolute Gasteiger partial charge is 0.402 e. The summed E-state index contributed by atoms with van der Waals surface area (Å²) in [5.74, 6) is -0.124. The molecule has 106 valence electrons. The second-order valence-electron chi connectivity index (χ2n) is 3.97. The number of halogens is 2. The second kappa shape index (κ2) is 5.85. The summed E-state index contributed by atoms with van der Waals surface area (Å²) in [5, 5.41) is 12.7. The normalized spacial score (nSPS) is 10.6. The summed E-state index contributed by atoms with van der Waals surface area (Å²) in [4.78, 5) is 12.9. The van der Waals surface area contributed by atoms with E-state index < -0.39 is 5.91 Å². The molecule has 1 aromatic carbocycles. The summed E-state index contributed by atoms with van der Waals surface area (Å²) in [5.41, 5.74) is 0.236. The summed E-state index contributed by atoms with van der Waals surface area (Å²) in [7, 11) is 0. The SMILES string of the molecule is O=C(Nc1nnc(-c2cccs2)o1)c1cc(Cl)ccc1Cl. The monoisotopic (exact) mass is 339 g/mol. The summed E-state index contributed by atoms with van der Waals surface area (Å²) in [6, 6.07) is 8.33. The van der Waals surface area contributed by atoms with Gasteiger partial charge in [-0.25, -0.2) is 0 Å². The van der Waals surface area contributed by atoms with Gasteiger partial charge in [0.15, 0.2) is 0 Å². The molecule has 0 aliphatic carbocycles. The van der Waals surface area contributed by atoms with Gasteiger partial charge in [-0.05, 0) is 29.6 Å². The zero-order valence-corrected chi connectivity index (χ0v) is 12.7. The zero-order valence-electron chi connectivity index (χ0n) is 10.3. The Bertz CT molecular complexity index is 787. The summed E-state index contributed by atoms with van der Waals surface area (Å²) >= 11 is 13.3. The Kier molecular flexibility index (Phi) is 3.92. The van der Waals surface area contributed by atoms with Crippen LogP contribution in [0.3, 0.4) is 0 Å². The molecule has 0 aliphatic rings. The van der Waals surface area contributed by atoms with Crippen LogP contribution in [-0.2, 0) is 0 Å². The Morgan fingerprint density at radius 2 is 2.10 bits per heavy atom. The maximum absolute atomic E-state index is 12.1. The van der Waals surface area contributed by atoms with Crippen molar-refractivity contribution in [2.75, 3.05) is 5.32 Å². The van der Waals surface area contributed by atoms with E-state index in [0.29, 0.717) is 10.9 Å². The number of hydrogen-bond donors (Lipinski definition) is 1. The van der Waals surface area contributed by atoms with Crippen LogP contribution in [0.25, 0.3) is 10.8 Å². The molecule has 3 aromatic rings. The van der Waals surface area contributed by atoms with Crippen molar-refractivity contribution < 1.29 is 9.21 Å². The molecule has 21 heavy (non-hydrogen) atoms. The lowest BCUT2D eigenvalue weighted by Gasteiger charge is -2.03. The Hall–Kier alpha value is -1.89. The van der Waals surface area contributed by atoms with E-state index in [4.69, 9.17) is 27.6 Å². The average molecular weight is 340 g/mol. The number of anilines is 1. The molecule has 1 amide bonds. The van der Waals surface area contributed by atoms with Gasteiger partial charge in [-0.15, -0.1) is 16.4 Å². The van der Waals surface area contributed by atoms with Crippen LogP contribution < -0.4 is 5.32 Å². The number of rotatable bonds is 3. The Labute approximate surface area is 133 Å². The molecular weight excluding hydrogens is 333 g/mol. The van der Waals surface area contributed by atoms with Gasteiger partial charge in [0.1, 0.15) is 0 Å². The molecule has 5 nitrogen and oxygen atoms in total. The predicted octanol–water partition coefficient (Wildman–Crippen LogP) is 4.36.